The molecule has 0 fully saturated rings. The van der Waals surface area contributed by atoms with E-state index in [1.165, 1.54) is 6.07 Å². The van der Waals surface area contributed by atoms with E-state index < -0.39 is 11.9 Å². The first-order valence-electron chi connectivity index (χ1n) is 7.74. The summed E-state index contributed by atoms with van der Waals surface area (Å²) in [6.45, 7) is 6.30. The summed E-state index contributed by atoms with van der Waals surface area (Å²) >= 11 is 0. The number of anilines is 1. The first-order chi connectivity index (χ1) is 11.7. The Bertz CT molecular complexity index is 946. The average molecular weight is 342 g/mol. The summed E-state index contributed by atoms with van der Waals surface area (Å²) in [5, 5.41) is 11.5. The van der Waals surface area contributed by atoms with Crippen molar-refractivity contribution in [3.8, 4) is 0 Å². The molecule has 0 atom stereocenters. The van der Waals surface area contributed by atoms with Crippen LogP contribution in [0.3, 0.4) is 0 Å². The van der Waals surface area contributed by atoms with Crippen molar-refractivity contribution in [2.75, 3.05) is 5.32 Å². The zero-order valence-electron chi connectivity index (χ0n) is 14.1. The molecular formula is C18H18N2O5. The monoisotopic (exact) mass is 342 g/mol. The van der Waals surface area contributed by atoms with E-state index in [0.29, 0.717) is 29.1 Å². The van der Waals surface area contributed by atoms with E-state index in [1.54, 1.807) is 18.2 Å². The zero-order valence-corrected chi connectivity index (χ0v) is 14.1. The van der Waals surface area contributed by atoms with Crippen molar-refractivity contribution in [1.82, 2.24) is 4.98 Å². The third-order valence-electron chi connectivity index (χ3n) is 3.44. The minimum atomic E-state index is -1.15. The molecule has 2 N–H and O–H groups in total. The van der Waals surface area contributed by atoms with Crippen LogP contribution in [0.15, 0.2) is 39.4 Å². The molecule has 0 saturated carbocycles. The fourth-order valence-electron chi connectivity index (χ4n) is 2.34. The van der Waals surface area contributed by atoms with Gasteiger partial charge in [-0.05, 0) is 23.6 Å². The topological polar surface area (TPSA) is 106 Å². The summed E-state index contributed by atoms with van der Waals surface area (Å²) in [5.74, 6) is -1.13. The number of aromatic carboxylic acids is 1. The van der Waals surface area contributed by atoms with Crippen molar-refractivity contribution in [3.05, 3.63) is 47.7 Å². The van der Waals surface area contributed by atoms with Crippen LogP contribution in [0.5, 0.6) is 0 Å². The molecule has 1 amide bonds. The van der Waals surface area contributed by atoms with Crippen molar-refractivity contribution >= 4 is 28.7 Å². The molecule has 0 bridgehead atoms. The van der Waals surface area contributed by atoms with Gasteiger partial charge in [0.05, 0.1) is 5.56 Å². The number of rotatable bonds is 4. The van der Waals surface area contributed by atoms with Gasteiger partial charge in [0.1, 0.15) is 11.8 Å². The molecule has 2 aromatic heterocycles. The van der Waals surface area contributed by atoms with Gasteiger partial charge in [-0.25, -0.2) is 9.78 Å². The Morgan fingerprint density at radius 2 is 2.00 bits per heavy atom. The fourth-order valence-corrected chi connectivity index (χ4v) is 2.34. The fraction of sp³-hybridized carbons (Fsp3) is 0.278. The van der Waals surface area contributed by atoms with Crippen LogP contribution in [-0.4, -0.2) is 22.0 Å². The molecule has 3 aromatic rings. The maximum Gasteiger partial charge on any atom is 0.338 e. The Morgan fingerprint density at radius 1 is 1.24 bits per heavy atom. The molecule has 0 aliphatic heterocycles. The van der Waals surface area contributed by atoms with E-state index in [-0.39, 0.29) is 16.7 Å². The Hall–Kier alpha value is -3.09. The van der Waals surface area contributed by atoms with Crippen LogP contribution in [-0.2, 0) is 6.42 Å². The molecule has 0 radical (unpaired) electrons. The van der Waals surface area contributed by atoms with Crippen molar-refractivity contribution in [1.29, 1.82) is 0 Å². The molecule has 1 aromatic carbocycles. The standard InChI is InChI=1S/C18H18N2O5/c1-18(2,3)8-15-20-12-7-11(4-5-13(12)25-15)19-16(21)14-6-10(9-24-14)17(22)23/h4-7,9H,8H2,1-3H3,(H,19,21)(H,22,23). The van der Waals surface area contributed by atoms with Crippen LogP contribution in [0, 0.1) is 5.41 Å². The van der Waals surface area contributed by atoms with Gasteiger partial charge in [0, 0.05) is 18.2 Å². The number of carbonyl (C=O) groups excluding carboxylic acids is 1. The normalized spacial score (nSPS) is 11.6. The van der Waals surface area contributed by atoms with Gasteiger partial charge in [-0.15, -0.1) is 0 Å². The van der Waals surface area contributed by atoms with Gasteiger partial charge in [0.15, 0.2) is 17.2 Å². The number of carboxylic acids is 1. The number of furan rings is 1. The van der Waals surface area contributed by atoms with E-state index in [1.807, 2.05) is 0 Å². The van der Waals surface area contributed by atoms with Crippen LogP contribution < -0.4 is 5.32 Å². The van der Waals surface area contributed by atoms with Crippen LogP contribution in [0.2, 0.25) is 0 Å². The summed E-state index contributed by atoms with van der Waals surface area (Å²) in [7, 11) is 0. The maximum absolute atomic E-state index is 12.1. The Kier molecular flexibility index (Phi) is 4.08. The van der Waals surface area contributed by atoms with E-state index in [2.05, 4.69) is 31.1 Å². The highest BCUT2D eigenvalue weighted by atomic mass is 16.4. The molecule has 0 unspecified atom stereocenters. The molecule has 7 nitrogen and oxygen atoms in total. The summed E-state index contributed by atoms with van der Waals surface area (Å²) in [6.07, 6.45) is 1.73. The lowest BCUT2D eigenvalue weighted by Crippen LogP contribution is -2.10. The second-order valence-electron chi connectivity index (χ2n) is 6.99. The first-order valence-corrected chi connectivity index (χ1v) is 7.74. The molecule has 25 heavy (non-hydrogen) atoms. The summed E-state index contributed by atoms with van der Waals surface area (Å²) in [5.41, 5.74) is 1.77. The van der Waals surface area contributed by atoms with Gasteiger partial charge in [-0.2, -0.15) is 0 Å². The molecule has 2 heterocycles. The van der Waals surface area contributed by atoms with Gasteiger partial charge >= 0.3 is 5.97 Å². The Labute approximate surface area is 143 Å². The van der Waals surface area contributed by atoms with E-state index in [4.69, 9.17) is 13.9 Å². The summed E-state index contributed by atoms with van der Waals surface area (Å²) in [6, 6.07) is 6.29. The highest BCUT2D eigenvalue weighted by Gasteiger charge is 2.18. The quantitative estimate of drug-likeness (QED) is 0.743. The third kappa shape index (κ3) is 3.88. The number of nitrogens with one attached hydrogen (secondary N) is 1. The zero-order chi connectivity index (χ0) is 18.2. The molecule has 130 valence electrons. The Balaban J connectivity index is 1.79. The third-order valence-corrected chi connectivity index (χ3v) is 3.44. The minimum Gasteiger partial charge on any atom is -0.478 e. The number of fused-ring (bicyclic) bond motifs is 1. The first kappa shape index (κ1) is 16.8. The predicted octanol–water partition coefficient (Wildman–Crippen LogP) is 3.96. The highest BCUT2D eigenvalue weighted by molar-refractivity contribution is 6.04. The SMILES string of the molecule is CC(C)(C)Cc1nc2cc(NC(=O)c3cc(C(=O)O)co3)ccc2o1. The molecule has 0 aliphatic carbocycles. The number of carbonyl (C=O) groups is 2. The van der Waals surface area contributed by atoms with E-state index in [0.717, 1.165) is 6.26 Å². The minimum absolute atomic E-state index is 0.0546. The summed E-state index contributed by atoms with van der Waals surface area (Å²) < 4.78 is 10.7. The van der Waals surface area contributed by atoms with E-state index >= 15 is 0 Å². The van der Waals surface area contributed by atoms with Gasteiger partial charge < -0.3 is 19.3 Å². The maximum atomic E-state index is 12.1. The number of aromatic nitrogens is 1. The molecule has 0 saturated heterocycles. The number of benzene rings is 1. The Morgan fingerprint density at radius 3 is 2.64 bits per heavy atom. The average Bonchev–Trinajstić information content (AvgIpc) is 3.10. The van der Waals surface area contributed by atoms with Crippen LogP contribution in [0.4, 0.5) is 5.69 Å². The highest BCUT2D eigenvalue weighted by Crippen LogP contribution is 2.25. The van der Waals surface area contributed by atoms with Crippen LogP contribution in [0.25, 0.3) is 11.1 Å². The number of hydrogen-bond acceptors (Lipinski definition) is 5. The molecule has 0 spiro atoms. The lowest BCUT2D eigenvalue weighted by atomic mass is 9.92. The predicted molar refractivity (Wildman–Crippen MR) is 90.8 cm³/mol. The molecule has 3 rings (SSSR count). The second-order valence-corrected chi connectivity index (χ2v) is 6.99. The van der Waals surface area contributed by atoms with Gasteiger partial charge in [-0.1, -0.05) is 20.8 Å². The smallest absolute Gasteiger partial charge is 0.338 e. The van der Waals surface area contributed by atoms with Crippen LogP contribution >= 0.6 is 0 Å². The van der Waals surface area contributed by atoms with Crippen molar-refractivity contribution < 1.29 is 23.5 Å². The van der Waals surface area contributed by atoms with Gasteiger partial charge in [0.25, 0.3) is 5.91 Å². The lowest BCUT2D eigenvalue weighted by molar-refractivity contribution is 0.0696. The number of nitrogens with zero attached hydrogens (tertiary/aromatic N) is 1. The largest absolute Gasteiger partial charge is 0.478 e. The number of oxazole rings is 1. The second kappa shape index (κ2) is 6.08. The molecular weight excluding hydrogens is 324 g/mol. The summed E-state index contributed by atoms with van der Waals surface area (Å²) in [4.78, 5) is 27.4. The van der Waals surface area contributed by atoms with Crippen molar-refractivity contribution in [3.63, 3.8) is 0 Å². The number of hydrogen-bond donors (Lipinski definition) is 2. The van der Waals surface area contributed by atoms with E-state index in [9.17, 15) is 9.59 Å². The van der Waals surface area contributed by atoms with Crippen LogP contribution in [0.1, 0.15) is 47.6 Å². The van der Waals surface area contributed by atoms with Gasteiger partial charge in [-0.3, -0.25) is 4.79 Å². The molecule has 7 heteroatoms. The number of amides is 1. The van der Waals surface area contributed by atoms with Crippen molar-refractivity contribution in [2.24, 2.45) is 5.41 Å². The van der Waals surface area contributed by atoms with Gasteiger partial charge in [0.2, 0.25) is 0 Å². The number of carboxylic acid groups (broad SMARTS) is 1. The lowest BCUT2D eigenvalue weighted by Gasteiger charge is -2.14. The van der Waals surface area contributed by atoms with Crippen molar-refractivity contribution in [2.45, 2.75) is 27.2 Å². The molecule has 0 aliphatic rings.